The van der Waals surface area contributed by atoms with E-state index in [1.54, 1.807) is 0 Å². The van der Waals surface area contributed by atoms with Crippen molar-refractivity contribution in [1.29, 1.82) is 0 Å². The van der Waals surface area contributed by atoms with Crippen molar-refractivity contribution in [3.63, 3.8) is 0 Å². The van der Waals surface area contributed by atoms with Crippen LogP contribution in [0.15, 0.2) is 0 Å². The Hall–Kier alpha value is -2.00. The molecule has 0 aromatic rings. The molecule has 1 unspecified atom stereocenters. The summed E-state index contributed by atoms with van der Waals surface area (Å²) in [5, 5.41) is 13.2. The summed E-state index contributed by atoms with van der Waals surface area (Å²) < 4.78 is 36.9. The summed E-state index contributed by atoms with van der Waals surface area (Å²) in [7, 11) is 0. The second-order valence-corrected chi connectivity index (χ2v) is 4.82. The smallest absolute Gasteiger partial charge is 0.406 e. The Bertz CT molecular complexity index is 423. The molecule has 3 N–H and O–H groups in total. The van der Waals surface area contributed by atoms with Crippen molar-refractivity contribution in [1.82, 2.24) is 15.5 Å². The number of hydrogen-bond donors (Lipinski definition) is 3. The lowest BCUT2D eigenvalue weighted by molar-refractivity contribution is -0.149. The number of carboxylic acids is 1. The number of hydrogen-bond acceptors (Lipinski definition) is 3. The van der Waals surface area contributed by atoms with Gasteiger partial charge in [-0.1, -0.05) is 0 Å². The Labute approximate surface area is 118 Å². The maximum atomic E-state index is 12.3. The maximum absolute atomic E-state index is 12.3. The summed E-state index contributed by atoms with van der Waals surface area (Å²) in [6, 6.07) is -2.27. The van der Waals surface area contributed by atoms with Crippen LogP contribution < -0.4 is 10.6 Å². The van der Waals surface area contributed by atoms with Gasteiger partial charge >= 0.3 is 18.2 Å². The van der Waals surface area contributed by atoms with Crippen LogP contribution in [0.25, 0.3) is 0 Å². The molecular weight excluding hydrogens is 295 g/mol. The SMILES string of the molecule is CC(NC(=O)N(CC(=O)O)CC(F)(F)F)C(=O)NC1CC1. The van der Waals surface area contributed by atoms with E-state index in [9.17, 15) is 27.6 Å². The molecule has 0 heterocycles. The molecule has 0 bridgehead atoms. The van der Waals surface area contributed by atoms with Crippen LogP contribution in [0.1, 0.15) is 19.8 Å². The number of nitrogens with one attached hydrogen (secondary N) is 2. The van der Waals surface area contributed by atoms with Crippen LogP contribution in [-0.2, 0) is 9.59 Å². The van der Waals surface area contributed by atoms with Gasteiger partial charge in [-0.15, -0.1) is 0 Å². The molecule has 10 heteroatoms. The van der Waals surface area contributed by atoms with Gasteiger partial charge in [0.05, 0.1) is 0 Å². The van der Waals surface area contributed by atoms with Crippen LogP contribution in [0.3, 0.4) is 0 Å². The van der Waals surface area contributed by atoms with E-state index in [0.717, 1.165) is 12.8 Å². The summed E-state index contributed by atoms with van der Waals surface area (Å²) in [4.78, 5) is 33.8. The molecular formula is C11H16F3N3O4. The molecule has 7 nitrogen and oxygen atoms in total. The van der Waals surface area contributed by atoms with E-state index in [2.05, 4.69) is 10.6 Å². The van der Waals surface area contributed by atoms with Crippen molar-refractivity contribution in [3.8, 4) is 0 Å². The zero-order chi connectivity index (χ0) is 16.2. The summed E-state index contributed by atoms with van der Waals surface area (Å²) in [6.45, 7) is -1.51. The lowest BCUT2D eigenvalue weighted by atomic mass is 10.3. The second kappa shape index (κ2) is 6.64. The van der Waals surface area contributed by atoms with Gasteiger partial charge < -0.3 is 20.6 Å². The number of rotatable bonds is 6. The molecule has 3 amide bonds. The van der Waals surface area contributed by atoms with Crippen molar-refractivity contribution in [3.05, 3.63) is 0 Å². The second-order valence-electron chi connectivity index (χ2n) is 4.82. The van der Waals surface area contributed by atoms with Crippen molar-refractivity contribution in [2.75, 3.05) is 13.1 Å². The van der Waals surface area contributed by atoms with E-state index in [-0.39, 0.29) is 10.9 Å². The first-order valence-electron chi connectivity index (χ1n) is 6.23. The monoisotopic (exact) mass is 311 g/mol. The van der Waals surface area contributed by atoms with Gasteiger partial charge in [0.25, 0.3) is 0 Å². The molecule has 1 saturated carbocycles. The van der Waals surface area contributed by atoms with Gasteiger partial charge in [0.15, 0.2) is 0 Å². The summed E-state index contributed by atoms with van der Waals surface area (Å²) in [5.41, 5.74) is 0. The van der Waals surface area contributed by atoms with Gasteiger partial charge in [-0.25, -0.2) is 4.79 Å². The van der Waals surface area contributed by atoms with Crippen LogP contribution in [0, 0.1) is 0 Å². The number of amides is 3. The quantitative estimate of drug-likeness (QED) is 0.657. The Morgan fingerprint density at radius 1 is 1.33 bits per heavy atom. The fourth-order valence-electron chi connectivity index (χ4n) is 1.48. The highest BCUT2D eigenvalue weighted by atomic mass is 19.4. The Morgan fingerprint density at radius 2 is 1.90 bits per heavy atom. The maximum Gasteiger partial charge on any atom is 0.406 e. The molecule has 120 valence electrons. The van der Waals surface area contributed by atoms with Crippen molar-refractivity contribution < 1.29 is 32.7 Å². The topological polar surface area (TPSA) is 98.7 Å². The molecule has 1 atom stereocenters. The molecule has 1 aliphatic carbocycles. The number of aliphatic carboxylic acids is 1. The molecule has 0 radical (unpaired) electrons. The molecule has 0 spiro atoms. The summed E-state index contributed by atoms with van der Waals surface area (Å²) in [6.07, 6.45) is -3.08. The Morgan fingerprint density at radius 3 is 2.33 bits per heavy atom. The third kappa shape index (κ3) is 6.82. The van der Waals surface area contributed by atoms with E-state index >= 15 is 0 Å². The van der Waals surface area contributed by atoms with E-state index in [1.165, 1.54) is 6.92 Å². The molecule has 1 fully saturated rings. The zero-order valence-electron chi connectivity index (χ0n) is 11.2. The van der Waals surface area contributed by atoms with Gasteiger partial charge in [0.1, 0.15) is 19.1 Å². The lowest BCUT2D eigenvalue weighted by Gasteiger charge is -2.24. The average molecular weight is 311 g/mol. The highest BCUT2D eigenvalue weighted by molar-refractivity contribution is 5.88. The van der Waals surface area contributed by atoms with E-state index in [4.69, 9.17) is 5.11 Å². The highest BCUT2D eigenvalue weighted by Crippen LogP contribution is 2.19. The van der Waals surface area contributed by atoms with Gasteiger partial charge in [-0.3, -0.25) is 9.59 Å². The van der Waals surface area contributed by atoms with Crippen molar-refractivity contribution in [2.45, 2.75) is 38.0 Å². The van der Waals surface area contributed by atoms with Crippen LogP contribution in [0.4, 0.5) is 18.0 Å². The lowest BCUT2D eigenvalue weighted by Crippen LogP contribution is -2.53. The largest absolute Gasteiger partial charge is 0.480 e. The third-order valence-electron chi connectivity index (χ3n) is 2.64. The zero-order valence-corrected chi connectivity index (χ0v) is 11.2. The first kappa shape index (κ1) is 17.1. The minimum atomic E-state index is -4.73. The van der Waals surface area contributed by atoms with Gasteiger partial charge in [0, 0.05) is 6.04 Å². The number of carbonyl (C=O) groups excluding carboxylic acids is 2. The van der Waals surface area contributed by atoms with Gasteiger partial charge in [-0.05, 0) is 19.8 Å². The van der Waals surface area contributed by atoms with Crippen LogP contribution in [0.5, 0.6) is 0 Å². The van der Waals surface area contributed by atoms with Crippen LogP contribution in [-0.4, -0.2) is 59.3 Å². The predicted octanol–water partition coefficient (Wildman–Crippen LogP) is 0.312. The molecule has 1 rings (SSSR count). The van der Waals surface area contributed by atoms with E-state index in [0.29, 0.717) is 0 Å². The number of carbonyl (C=O) groups is 3. The average Bonchev–Trinajstić information content (AvgIpc) is 3.09. The van der Waals surface area contributed by atoms with Gasteiger partial charge in [0.2, 0.25) is 5.91 Å². The van der Waals surface area contributed by atoms with E-state index in [1.807, 2.05) is 0 Å². The number of urea groups is 1. The number of carboxylic acid groups (broad SMARTS) is 1. The molecule has 0 aliphatic heterocycles. The van der Waals surface area contributed by atoms with Crippen molar-refractivity contribution >= 4 is 17.9 Å². The molecule has 1 aliphatic rings. The standard InChI is InChI=1S/C11H16F3N3O4/c1-6(9(20)16-7-2-3-7)15-10(21)17(4-8(18)19)5-11(12,13)14/h6-7H,2-5H2,1H3,(H,15,21)(H,16,20)(H,18,19). The number of nitrogens with zero attached hydrogens (tertiary/aromatic N) is 1. The molecule has 21 heavy (non-hydrogen) atoms. The molecule has 0 aromatic carbocycles. The third-order valence-corrected chi connectivity index (χ3v) is 2.64. The Balaban J connectivity index is 2.57. The number of alkyl halides is 3. The van der Waals surface area contributed by atoms with Crippen LogP contribution in [0.2, 0.25) is 0 Å². The fourth-order valence-corrected chi connectivity index (χ4v) is 1.48. The van der Waals surface area contributed by atoms with Gasteiger partial charge in [-0.2, -0.15) is 13.2 Å². The molecule has 0 aromatic heterocycles. The number of halogens is 3. The normalized spacial score (nSPS) is 16.0. The minimum Gasteiger partial charge on any atom is -0.480 e. The van der Waals surface area contributed by atoms with Crippen molar-refractivity contribution in [2.24, 2.45) is 0 Å². The molecule has 0 saturated heterocycles. The first-order valence-corrected chi connectivity index (χ1v) is 6.23. The summed E-state index contributed by atoms with van der Waals surface area (Å²) >= 11 is 0. The minimum absolute atomic E-state index is 0.0437. The fraction of sp³-hybridized carbons (Fsp3) is 0.727. The predicted molar refractivity (Wildman–Crippen MR) is 64.4 cm³/mol. The van der Waals surface area contributed by atoms with Crippen LogP contribution >= 0.6 is 0 Å². The highest BCUT2D eigenvalue weighted by Gasteiger charge is 2.35. The first-order chi connectivity index (χ1) is 9.58. The van der Waals surface area contributed by atoms with E-state index < -0.39 is 43.2 Å². The Kier molecular flexibility index (Phi) is 5.39. The summed E-state index contributed by atoms with van der Waals surface area (Å²) in [5.74, 6) is -2.10.